The number of aryl methyl sites for hydroxylation is 1. The number of nitrogens with one attached hydrogen (secondary N) is 2. The fraction of sp³-hybridized carbons (Fsp3) is 0.643. The van der Waals surface area contributed by atoms with Crippen LogP contribution >= 0.6 is 0 Å². The molecule has 4 amide bonds. The van der Waals surface area contributed by atoms with Gasteiger partial charge in [0.05, 0.1) is 6.04 Å². The highest BCUT2D eigenvalue weighted by molar-refractivity contribution is 6.05. The Morgan fingerprint density at radius 1 is 1.11 bits per heavy atom. The lowest BCUT2D eigenvalue weighted by Gasteiger charge is -2.57. The Balaban J connectivity index is 1.05. The van der Waals surface area contributed by atoms with Crippen LogP contribution < -0.4 is 16.4 Å². The van der Waals surface area contributed by atoms with Gasteiger partial charge in [0.15, 0.2) is 0 Å². The first kappa shape index (κ1) is 23.6. The highest BCUT2D eigenvalue weighted by Gasteiger charge is 2.51. The average molecular weight is 493 g/mol. The Labute approximate surface area is 211 Å². The number of rotatable bonds is 7. The molecule has 2 heterocycles. The van der Waals surface area contributed by atoms with Crippen molar-refractivity contribution >= 4 is 23.6 Å². The SMILES string of the molecule is N[C@@H](CCCc1cccc2c1CN(C1CCC(=O)NC1=O)C2=O)C(=O)NC12CC3CC(CC(C3)C1)C2. The number of imide groups is 1. The second-order valence-corrected chi connectivity index (χ2v) is 12.0. The van der Waals surface area contributed by atoms with Gasteiger partial charge in [0, 0.05) is 24.1 Å². The van der Waals surface area contributed by atoms with Crippen molar-refractivity contribution in [2.24, 2.45) is 23.5 Å². The molecule has 0 aromatic heterocycles. The smallest absolute Gasteiger partial charge is 0.255 e. The van der Waals surface area contributed by atoms with E-state index in [1.54, 1.807) is 11.0 Å². The van der Waals surface area contributed by atoms with Gasteiger partial charge in [-0.3, -0.25) is 24.5 Å². The summed E-state index contributed by atoms with van der Waals surface area (Å²) in [7, 11) is 0. The summed E-state index contributed by atoms with van der Waals surface area (Å²) in [5.41, 5.74) is 8.95. The van der Waals surface area contributed by atoms with Gasteiger partial charge in [0.2, 0.25) is 17.7 Å². The molecule has 1 saturated heterocycles. The number of benzene rings is 1. The molecule has 1 aromatic carbocycles. The molecular weight excluding hydrogens is 456 g/mol. The van der Waals surface area contributed by atoms with E-state index in [4.69, 9.17) is 5.73 Å². The van der Waals surface area contributed by atoms with Crippen molar-refractivity contribution in [2.75, 3.05) is 0 Å². The van der Waals surface area contributed by atoms with Crippen LogP contribution in [-0.4, -0.2) is 46.2 Å². The van der Waals surface area contributed by atoms with Gasteiger partial charge < -0.3 is 16.0 Å². The summed E-state index contributed by atoms with van der Waals surface area (Å²) in [5, 5.41) is 5.74. The molecule has 0 radical (unpaired) electrons. The molecule has 2 atom stereocenters. The lowest BCUT2D eigenvalue weighted by Crippen LogP contribution is -2.62. The van der Waals surface area contributed by atoms with Crippen LogP contribution in [0.15, 0.2) is 18.2 Å². The van der Waals surface area contributed by atoms with Crippen LogP contribution in [0, 0.1) is 17.8 Å². The molecule has 5 fully saturated rings. The molecule has 7 rings (SSSR count). The Morgan fingerprint density at radius 2 is 1.81 bits per heavy atom. The minimum Gasteiger partial charge on any atom is -0.349 e. The number of carbonyl (C=O) groups excluding carboxylic acids is 4. The van der Waals surface area contributed by atoms with Gasteiger partial charge in [-0.25, -0.2) is 0 Å². The molecule has 192 valence electrons. The van der Waals surface area contributed by atoms with E-state index in [9.17, 15) is 19.2 Å². The third-order valence-corrected chi connectivity index (χ3v) is 9.40. The van der Waals surface area contributed by atoms with E-state index in [-0.39, 0.29) is 29.7 Å². The molecule has 1 unspecified atom stereocenters. The molecule has 36 heavy (non-hydrogen) atoms. The Morgan fingerprint density at radius 3 is 2.47 bits per heavy atom. The summed E-state index contributed by atoms with van der Waals surface area (Å²) in [5.74, 6) is 1.46. The van der Waals surface area contributed by atoms with Crippen molar-refractivity contribution in [3.8, 4) is 0 Å². The zero-order chi connectivity index (χ0) is 25.0. The van der Waals surface area contributed by atoms with Crippen molar-refractivity contribution in [1.82, 2.24) is 15.5 Å². The lowest BCUT2D eigenvalue weighted by molar-refractivity contribution is -0.137. The average Bonchev–Trinajstić information content (AvgIpc) is 3.15. The number of hydrogen-bond acceptors (Lipinski definition) is 5. The fourth-order valence-corrected chi connectivity index (χ4v) is 8.15. The lowest BCUT2D eigenvalue weighted by atomic mass is 9.53. The number of nitrogens with zero attached hydrogens (tertiary/aromatic N) is 1. The summed E-state index contributed by atoms with van der Waals surface area (Å²) >= 11 is 0. The van der Waals surface area contributed by atoms with Crippen molar-refractivity contribution in [2.45, 2.75) is 94.8 Å². The zero-order valence-electron chi connectivity index (χ0n) is 20.8. The molecule has 4 aliphatic carbocycles. The van der Waals surface area contributed by atoms with Gasteiger partial charge in [-0.2, -0.15) is 0 Å². The highest BCUT2D eigenvalue weighted by Crippen LogP contribution is 2.55. The van der Waals surface area contributed by atoms with Crippen LogP contribution in [0.25, 0.3) is 0 Å². The highest BCUT2D eigenvalue weighted by atomic mass is 16.2. The monoisotopic (exact) mass is 492 g/mol. The first-order chi connectivity index (χ1) is 17.3. The van der Waals surface area contributed by atoms with Crippen molar-refractivity contribution in [3.05, 3.63) is 34.9 Å². The van der Waals surface area contributed by atoms with E-state index >= 15 is 0 Å². The molecule has 1 aromatic rings. The quantitative estimate of drug-likeness (QED) is 0.504. The molecule has 4 bridgehead atoms. The minimum absolute atomic E-state index is 0.0190. The predicted octanol–water partition coefficient (Wildman–Crippen LogP) is 2.18. The first-order valence-electron chi connectivity index (χ1n) is 13.6. The normalized spacial score (nSPS) is 33.5. The molecule has 6 aliphatic rings. The molecule has 8 nitrogen and oxygen atoms in total. The standard InChI is InChI=1S/C28H36N4O4/c29-22(25(34)31-28-12-16-9-17(13-28)11-18(10-16)14-28)6-2-4-19-3-1-5-20-21(19)15-32(27(20)36)23-7-8-24(33)30-26(23)35/h1,3,5,16-18,22-23H,2,4,6-15,29H2,(H,31,34)(H,30,33,35)/t16?,17?,18?,22-,23?,28?/m0/s1. The van der Waals surface area contributed by atoms with Crippen molar-refractivity contribution in [1.29, 1.82) is 0 Å². The summed E-state index contributed by atoms with van der Waals surface area (Å²) in [6.45, 7) is 0.370. The van der Waals surface area contributed by atoms with Gasteiger partial charge in [0.25, 0.3) is 5.91 Å². The van der Waals surface area contributed by atoms with Gasteiger partial charge in [-0.15, -0.1) is 0 Å². The van der Waals surface area contributed by atoms with Crippen molar-refractivity contribution < 1.29 is 19.2 Å². The second kappa shape index (κ2) is 8.98. The number of nitrogens with two attached hydrogens (primary N) is 1. The van der Waals surface area contributed by atoms with Crippen LogP contribution in [-0.2, 0) is 27.3 Å². The number of carbonyl (C=O) groups is 4. The van der Waals surface area contributed by atoms with Crippen molar-refractivity contribution in [3.63, 3.8) is 0 Å². The topological polar surface area (TPSA) is 122 Å². The third-order valence-electron chi connectivity index (χ3n) is 9.40. The molecule has 4 N–H and O–H groups in total. The van der Waals surface area contributed by atoms with E-state index in [2.05, 4.69) is 10.6 Å². The first-order valence-corrected chi connectivity index (χ1v) is 13.6. The van der Waals surface area contributed by atoms with E-state index < -0.39 is 18.0 Å². The molecule has 2 aliphatic heterocycles. The Kier molecular flexibility index (Phi) is 5.90. The number of fused-ring (bicyclic) bond motifs is 1. The predicted molar refractivity (Wildman–Crippen MR) is 132 cm³/mol. The molecule has 8 heteroatoms. The van der Waals surface area contributed by atoms with Gasteiger partial charge in [0.1, 0.15) is 6.04 Å². The maximum absolute atomic E-state index is 13.0. The van der Waals surface area contributed by atoms with Crippen LogP contribution in [0.5, 0.6) is 0 Å². The maximum Gasteiger partial charge on any atom is 0.255 e. The maximum atomic E-state index is 13.0. The largest absolute Gasteiger partial charge is 0.349 e. The van der Waals surface area contributed by atoms with Gasteiger partial charge in [-0.1, -0.05) is 12.1 Å². The van der Waals surface area contributed by atoms with E-state index in [0.29, 0.717) is 24.9 Å². The Bertz CT molecular complexity index is 1080. The number of piperidine rings is 1. The molecule has 0 spiro atoms. The summed E-state index contributed by atoms with van der Waals surface area (Å²) in [6.07, 6.45) is 10.0. The molecule has 4 saturated carbocycles. The van der Waals surface area contributed by atoms with Crippen LogP contribution in [0.4, 0.5) is 0 Å². The van der Waals surface area contributed by atoms with E-state index in [1.807, 2.05) is 12.1 Å². The van der Waals surface area contributed by atoms with Gasteiger partial charge >= 0.3 is 0 Å². The number of amides is 4. The van der Waals surface area contributed by atoms with Crippen LogP contribution in [0.3, 0.4) is 0 Å². The zero-order valence-corrected chi connectivity index (χ0v) is 20.8. The Hall–Kier alpha value is -2.74. The molecular formula is C28H36N4O4. The minimum atomic E-state index is -0.614. The van der Waals surface area contributed by atoms with Gasteiger partial charge in [-0.05, 0) is 99.2 Å². The fourth-order valence-electron chi connectivity index (χ4n) is 8.15. The van der Waals surface area contributed by atoms with E-state index in [0.717, 1.165) is 61.0 Å². The van der Waals surface area contributed by atoms with E-state index in [1.165, 1.54) is 19.3 Å². The summed E-state index contributed by atoms with van der Waals surface area (Å²) in [6, 6.07) is 4.55. The summed E-state index contributed by atoms with van der Waals surface area (Å²) in [4.78, 5) is 51.5. The third kappa shape index (κ3) is 4.23. The second-order valence-electron chi connectivity index (χ2n) is 12.0. The summed E-state index contributed by atoms with van der Waals surface area (Å²) < 4.78 is 0. The number of hydrogen-bond donors (Lipinski definition) is 3. The van der Waals surface area contributed by atoms with Crippen LogP contribution in [0.1, 0.15) is 85.7 Å². The van der Waals surface area contributed by atoms with Crippen LogP contribution in [0.2, 0.25) is 0 Å².